The Hall–Kier alpha value is -2.88. The molecular formula is C40H47F15N8O3. The molecule has 370 valence electrons. The van der Waals surface area contributed by atoms with Gasteiger partial charge in [0.05, 0.1) is 62.0 Å². The van der Waals surface area contributed by atoms with Gasteiger partial charge in [-0.3, -0.25) is 37.2 Å². The number of nitrogens with one attached hydrogen (secondary N) is 7. The Morgan fingerprint density at radius 2 is 0.848 bits per heavy atom. The molecular weight excluding hydrogens is 925 g/mol. The number of hydrogen-bond donors (Lipinski definition) is 7. The Labute approximate surface area is 366 Å². The zero-order chi connectivity index (χ0) is 47.1. The topological polar surface area (TPSA) is 123 Å². The van der Waals surface area contributed by atoms with E-state index in [9.17, 15) is 4.79 Å². The highest BCUT2D eigenvalue weighted by Gasteiger charge is 2.70. The summed E-state index contributed by atoms with van der Waals surface area (Å²) in [6, 6.07) is 4.85. The van der Waals surface area contributed by atoms with Gasteiger partial charge in [-0.05, 0) is 36.6 Å². The predicted molar refractivity (Wildman–Crippen MR) is 198 cm³/mol. The fraction of sp³-hybridized carbons (Fsp3) is 0.825. The van der Waals surface area contributed by atoms with E-state index in [2.05, 4.69) is 42.0 Å². The molecule has 0 aromatic heterocycles. The maximum absolute atomic E-state index is 17.0. The zero-order valence-corrected chi connectivity index (χ0v) is 34.3. The molecule has 4 aliphatic carbocycles. The van der Waals surface area contributed by atoms with E-state index in [4.69, 9.17) is 4.74 Å². The van der Waals surface area contributed by atoms with Crippen LogP contribution in [0.1, 0.15) is 16.8 Å². The summed E-state index contributed by atoms with van der Waals surface area (Å²) in [5.74, 6) is -15.8. The second-order valence-electron chi connectivity index (χ2n) is 19.1. The van der Waals surface area contributed by atoms with Crippen molar-refractivity contribution >= 4 is 5.97 Å². The van der Waals surface area contributed by atoms with Crippen molar-refractivity contribution in [2.45, 2.75) is 148 Å². The molecule has 5 saturated heterocycles. The summed E-state index contributed by atoms with van der Waals surface area (Å²) in [5.41, 5.74) is 0.0240. The van der Waals surface area contributed by atoms with E-state index in [0.717, 1.165) is 7.11 Å². The molecule has 0 amide bonds. The lowest BCUT2D eigenvalue weighted by atomic mass is 9.72. The van der Waals surface area contributed by atoms with Crippen molar-refractivity contribution in [1.29, 1.82) is 0 Å². The van der Waals surface area contributed by atoms with E-state index < -0.39 is 202 Å². The molecule has 0 radical (unpaired) electrons. The SMILES string of the molecule is COC(=O)c1ccc(OC2C(F)C(F)C(F)C3C4NC5NC(NC6C7C(F)C(F)C(F)C(F)C7C(NC7NC(NC(N4)C23)C2CC(F)C(F)C(F)C72)N6F)C2C(F)C(F)C(F)C(F)C52)cc1. The summed E-state index contributed by atoms with van der Waals surface area (Å²) >= 11 is 0. The third kappa shape index (κ3) is 7.04. The van der Waals surface area contributed by atoms with Crippen molar-refractivity contribution in [2.24, 2.45) is 47.3 Å². The van der Waals surface area contributed by atoms with Crippen molar-refractivity contribution < 1.29 is 80.2 Å². The summed E-state index contributed by atoms with van der Waals surface area (Å²) < 4.78 is 248. The Bertz CT molecular complexity index is 1950. The van der Waals surface area contributed by atoms with E-state index in [1.165, 1.54) is 24.3 Å². The first kappa shape index (κ1) is 46.8. The fourth-order valence-electron chi connectivity index (χ4n) is 12.9. The van der Waals surface area contributed by atoms with E-state index in [1.54, 1.807) is 0 Å². The summed E-state index contributed by atoms with van der Waals surface area (Å²) in [5, 5.41) is 18.7. The molecule has 31 atom stereocenters. The maximum Gasteiger partial charge on any atom is 0.337 e. The number of esters is 1. The number of fused-ring (bicyclic) bond motifs is 20. The van der Waals surface area contributed by atoms with Gasteiger partial charge in [0.25, 0.3) is 0 Å². The zero-order valence-electron chi connectivity index (χ0n) is 34.3. The molecule has 8 bridgehead atoms. The Balaban J connectivity index is 1.08. The molecule has 1 aromatic rings. The van der Waals surface area contributed by atoms with Crippen molar-refractivity contribution in [3.05, 3.63) is 29.8 Å². The third-order valence-electron chi connectivity index (χ3n) is 16.0. The van der Waals surface area contributed by atoms with Gasteiger partial charge in [-0.15, -0.1) is 9.60 Å². The van der Waals surface area contributed by atoms with Crippen LogP contribution in [-0.4, -0.2) is 160 Å². The lowest BCUT2D eigenvalue weighted by Gasteiger charge is -2.44. The quantitative estimate of drug-likeness (QED) is 0.137. The Morgan fingerprint density at radius 3 is 1.33 bits per heavy atom. The molecule has 1 aromatic carbocycles. The number of rotatable bonds is 3. The van der Waals surface area contributed by atoms with E-state index >= 15 is 65.9 Å². The van der Waals surface area contributed by atoms with Crippen molar-refractivity contribution in [3.63, 3.8) is 0 Å². The van der Waals surface area contributed by atoms with Crippen LogP contribution in [0.15, 0.2) is 24.3 Å². The number of carbonyl (C=O) groups is 1. The van der Waals surface area contributed by atoms with Crippen LogP contribution in [-0.2, 0) is 4.74 Å². The Morgan fingerprint density at radius 1 is 0.470 bits per heavy atom. The highest BCUT2D eigenvalue weighted by atomic mass is 19.2. The molecule has 66 heavy (non-hydrogen) atoms. The summed E-state index contributed by atoms with van der Waals surface area (Å²) in [6.45, 7) is 0. The number of ether oxygens (including phenoxy) is 2. The molecule has 7 N–H and O–H groups in total. The van der Waals surface area contributed by atoms with Gasteiger partial charge in [-0.2, -0.15) is 0 Å². The lowest BCUT2D eigenvalue weighted by molar-refractivity contribution is -0.103. The molecule has 4 saturated carbocycles. The largest absolute Gasteiger partial charge is 0.487 e. The van der Waals surface area contributed by atoms with Gasteiger partial charge in [0.1, 0.15) is 55.1 Å². The summed E-state index contributed by atoms with van der Waals surface area (Å²) in [7, 11) is 1.11. The van der Waals surface area contributed by atoms with E-state index in [0.29, 0.717) is 0 Å². The second kappa shape index (κ2) is 17.2. The molecule has 11 nitrogen and oxygen atoms in total. The highest BCUT2D eigenvalue weighted by Crippen LogP contribution is 2.52. The average molecular weight is 973 g/mol. The number of nitrogens with zero attached hydrogens (tertiary/aromatic N) is 1. The van der Waals surface area contributed by atoms with Crippen LogP contribution in [0.2, 0.25) is 0 Å². The molecule has 10 rings (SSSR count). The number of carbonyl (C=O) groups excluding carboxylic acids is 1. The summed E-state index contributed by atoms with van der Waals surface area (Å²) in [4.78, 5) is 12.1. The van der Waals surface area contributed by atoms with Crippen molar-refractivity contribution in [1.82, 2.24) is 42.3 Å². The fourth-order valence-corrected chi connectivity index (χ4v) is 12.9. The number of methoxy groups -OCH3 is 1. The van der Waals surface area contributed by atoms with Gasteiger partial charge in [-0.1, -0.05) is 0 Å². The molecule has 31 unspecified atom stereocenters. The van der Waals surface area contributed by atoms with Gasteiger partial charge in [0.2, 0.25) is 0 Å². The van der Waals surface area contributed by atoms with Gasteiger partial charge in [0, 0.05) is 41.4 Å². The number of halogens is 15. The predicted octanol–water partition coefficient (Wildman–Crippen LogP) is 3.32. The van der Waals surface area contributed by atoms with Crippen LogP contribution >= 0.6 is 0 Å². The third-order valence-corrected chi connectivity index (χ3v) is 16.0. The maximum atomic E-state index is 17.0. The Kier molecular flexibility index (Phi) is 12.2. The second-order valence-corrected chi connectivity index (χ2v) is 19.1. The molecule has 9 aliphatic rings. The van der Waals surface area contributed by atoms with Crippen LogP contribution in [0.25, 0.3) is 0 Å². The molecule has 5 heterocycles. The van der Waals surface area contributed by atoms with Crippen LogP contribution in [0.4, 0.5) is 65.9 Å². The van der Waals surface area contributed by atoms with Crippen LogP contribution in [0.3, 0.4) is 0 Å². The molecule has 9 fully saturated rings. The van der Waals surface area contributed by atoms with Crippen LogP contribution in [0.5, 0.6) is 5.75 Å². The summed E-state index contributed by atoms with van der Waals surface area (Å²) in [6.07, 6.45) is -58.2. The number of benzene rings is 1. The molecule has 0 spiro atoms. The van der Waals surface area contributed by atoms with Gasteiger partial charge < -0.3 is 9.47 Å². The average Bonchev–Trinajstić information content (AvgIpc) is 4.02. The van der Waals surface area contributed by atoms with Gasteiger partial charge in [-0.25, -0.2) is 66.3 Å². The first-order chi connectivity index (χ1) is 31.3. The standard InChI is InChI=1S/C40H47F15N8O3/c1-65-40(64)7-2-4-8(5-3-7)66-31-17-14(22(46)29(53)30(31)54)35-58-34-12-13(21(45)26(50)25(49)20(12)44)36(59-34)62-39-16-15(23(47)27(51)28(52)24(16)48)38(63(39)55)61-33-11-9(6-10(41)18(42)19(11)43)32(56-33)57-37(17)60-35/h2-5,9-39,56-62H,6H2,1H3. The highest BCUT2D eigenvalue weighted by molar-refractivity contribution is 5.89. The van der Waals surface area contributed by atoms with Crippen LogP contribution in [0, 0.1) is 47.3 Å². The molecule has 26 heteroatoms. The smallest absolute Gasteiger partial charge is 0.337 e. The van der Waals surface area contributed by atoms with Crippen molar-refractivity contribution in [2.75, 3.05) is 7.11 Å². The number of hydrogen-bond acceptors (Lipinski definition) is 11. The van der Waals surface area contributed by atoms with Crippen molar-refractivity contribution in [3.8, 4) is 5.75 Å². The first-order valence-corrected chi connectivity index (χ1v) is 21.9. The monoisotopic (exact) mass is 972 g/mol. The van der Waals surface area contributed by atoms with E-state index in [-0.39, 0.29) is 16.4 Å². The van der Waals surface area contributed by atoms with Gasteiger partial charge >= 0.3 is 5.97 Å². The minimum atomic E-state index is -3.19. The lowest BCUT2D eigenvalue weighted by Crippen LogP contribution is -2.63. The van der Waals surface area contributed by atoms with Gasteiger partial charge in [0.15, 0.2) is 43.2 Å². The first-order valence-electron chi connectivity index (χ1n) is 21.9. The number of alkyl halides is 14. The minimum Gasteiger partial charge on any atom is -0.487 e. The van der Waals surface area contributed by atoms with Crippen LogP contribution < -0.4 is 42.0 Å². The van der Waals surface area contributed by atoms with E-state index in [1.807, 2.05) is 0 Å². The normalized spacial score (nSPS) is 56.8. The minimum absolute atomic E-state index is 0.0240. The molecule has 5 aliphatic heterocycles.